The van der Waals surface area contributed by atoms with E-state index in [1.165, 1.54) is 0 Å². The van der Waals surface area contributed by atoms with E-state index >= 15 is 0 Å². The van der Waals surface area contributed by atoms with Crippen molar-refractivity contribution < 1.29 is 23.9 Å². The highest BCUT2D eigenvalue weighted by Gasteiger charge is 2.73. The molecule has 1 spiro atoms. The van der Waals surface area contributed by atoms with Crippen LogP contribution in [0.1, 0.15) is 70.1 Å². The number of Topliss-reactive ketones (excluding diaryl/α,β-unsaturated/α-hetero) is 3. The van der Waals surface area contributed by atoms with Gasteiger partial charge in [-0.25, -0.2) is 0 Å². The smallest absolute Gasteiger partial charge is 0.180 e. The fourth-order valence-electron chi connectivity index (χ4n) is 6.65. The van der Waals surface area contributed by atoms with Crippen molar-refractivity contribution in [3.63, 3.8) is 0 Å². The number of nitrogens with zero attached hydrogens (tertiary/aromatic N) is 2. The first-order chi connectivity index (χ1) is 18.7. The first kappa shape index (κ1) is 25.0. The van der Waals surface area contributed by atoms with E-state index in [0.29, 0.717) is 28.2 Å². The molecule has 3 aromatic rings. The van der Waals surface area contributed by atoms with Gasteiger partial charge >= 0.3 is 0 Å². The van der Waals surface area contributed by atoms with E-state index in [1.54, 1.807) is 67.9 Å². The Balaban J connectivity index is 1.75. The molecule has 0 amide bonds. The lowest BCUT2D eigenvalue weighted by Crippen LogP contribution is -2.45. The number of fused-ring (bicyclic) bond motifs is 5. The molecule has 1 aliphatic carbocycles. The van der Waals surface area contributed by atoms with Crippen molar-refractivity contribution in [2.75, 3.05) is 14.2 Å². The molecular weight excluding hydrogens is 492 g/mol. The fourth-order valence-corrected chi connectivity index (χ4v) is 6.65. The van der Waals surface area contributed by atoms with E-state index in [2.05, 4.69) is 0 Å². The molecule has 0 N–H and O–H groups in total. The van der Waals surface area contributed by atoms with Crippen LogP contribution in [0, 0.1) is 10.8 Å². The SMILES string of the molecule is COc1ccc(OC)c([C@@H]2[C@@H](C(=O)C(C)(C)C)N3N=Cc4ccccc4C3C23C(=O)c2ccccc2C3=O)c1. The zero-order valence-corrected chi connectivity index (χ0v) is 22.6. The standard InChI is InChI=1S/C32H30N2O5/c1-31(2,3)30(37)26-25(23-16-19(38-4)14-15-24(23)39-5)32(28(35)21-12-8-9-13-22(21)29(32)36)27-20-11-7-6-10-18(20)17-33-34(26)27/h6-17,25-27H,1-5H3/t25-,26+,27?/m1/s1. The fraction of sp³-hybridized carbons (Fsp3) is 0.312. The number of methoxy groups -OCH3 is 2. The summed E-state index contributed by atoms with van der Waals surface area (Å²) in [5.41, 5.74) is 0.470. The predicted molar refractivity (Wildman–Crippen MR) is 147 cm³/mol. The normalized spacial score (nSPS) is 22.5. The maximum Gasteiger partial charge on any atom is 0.180 e. The third-order valence-electron chi connectivity index (χ3n) is 8.36. The maximum absolute atomic E-state index is 14.8. The van der Waals surface area contributed by atoms with Crippen LogP contribution in [0.3, 0.4) is 0 Å². The van der Waals surface area contributed by atoms with E-state index < -0.39 is 28.8 Å². The molecule has 1 unspecified atom stereocenters. The molecular formula is C32H30N2O5. The van der Waals surface area contributed by atoms with Gasteiger partial charge in [0.25, 0.3) is 0 Å². The van der Waals surface area contributed by atoms with Gasteiger partial charge < -0.3 is 9.47 Å². The lowest BCUT2D eigenvalue weighted by Gasteiger charge is -2.36. The first-order valence-corrected chi connectivity index (χ1v) is 13.0. The summed E-state index contributed by atoms with van der Waals surface area (Å²) in [7, 11) is 3.10. The number of ketones is 3. The monoisotopic (exact) mass is 522 g/mol. The van der Waals surface area contributed by atoms with Crippen LogP contribution in [0.25, 0.3) is 0 Å². The number of hydrogen-bond acceptors (Lipinski definition) is 7. The second-order valence-corrected chi connectivity index (χ2v) is 11.4. The molecule has 0 radical (unpaired) electrons. The van der Waals surface area contributed by atoms with E-state index in [9.17, 15) is 14.4 Å². The average molecular weight is 523 g/mol. The summed E-state index contributed by atoms with van der Waals surface area (Å²) in [6.45, 7) is 5.55. The quantitative estimate of drug-likeness (QED) is 0.436. The van der Waals surface area contributed by atoms with E-state index in [0.717, 1.165) is 11.1 Å². The Labute approximate surface area is 227 Å². The number of rotatable bonds is 4. The summed E-state index contributed by atoms with van der Waals surface area (Å²) in [5.74, 6) is -0.608. The Bertz CT molecular complexity index is 1530. The van der Waals surface area contributed by atoms with Crippen molar-refractivity contribution in [2.45, 2.75) is 38.8 Å². The van der Waals surface area contributed by atoms with Gasteiger partial charge in [0.2, 0.25) is 0 Å². The van der Waals surface area contributed by atoms with Crippen LogP contribution in [0.5, 0.6) is 11.5 Å². The Morgan fingerprint density at radius 2 is 1.51 bits per heavy atom. The maximum atomic E-state index is 14.8. The highest BCUT2D eigenvalue weighted by atomic mass is 16.5. The molecule has 0 saturated carbocycles. The topological polar surface area (TPSA) is 85.3 Å². The third kappa shape index (κ3) is 3.28. The summed E-state index contributed by atoms with van der Waals surface area (Å²) in [6, 6.07) is 18.2. The summed E-state index contributed by atoms with van der Waals surface area (Å²) >= 11 is 0. The van der Waals surface area contributed by atoms with E-state index in [4.69, 9.17) is 14.6 Å². The first-order valence-electron chi connectivity index (χ1n) is 13.0. The van der Waals surface area contributed by atoms with Crippen LogP contribution in [0.15, 0.2) is 71.8 Å². The lowest BCUT2D eigenvalue weighted by molar-refractivity contribution is -0.131. The highest BCUT2D eigenvalue weighted by Crippen LogP contribution is 2.66. The zero-order chi connectivity index (χ0) is 27.7. The van der Waals surface area contributed by atoms with Crippen LogP contribution in [-0.2, 0) is 4.79 Å². The van der Waals surface area contributed by atoms with Crippen molar-refractivity contribution >= 4 is 23.6 Å². The average Bonchev–Trinajstić information content (AvgIpc) is 3.37. The van der Waals surface area contributed by atoms with Crippen molar-refractivity contribution in [1.82, 2.24) is 5.01 Å². The number of hydrogen-bond donors (Lipinski definition) is 0. The van der Waals surface area contributed by atoms with Crippen LogP contribution in [0.2, 0.25) is 0 Å². The number of carbonyl (C=O) groups is 3. The van der Waals surface area contributed by atoms with Gasteiger partial charge in [-0.1, -0.05) is 69.3 Å². The number of benzene rings is 3. The summed E-state index contributed by atoms with van der Waals surface area (Å²) in [6.07, 6.45) is 1.71. The molecule has 2 aliphatic heterocycles. The summed E-state index contributed by atoms with van der Waals surface area (Å²) < 4.78 is 11.4. The zero-order valence-electron chi connectivity index (χ0n) is 22.6. The van der Waals surface area contributed by atoms with Crippen molar-refractivity contribution in [3.8, 4) is 11.5 Å². The molecule has 3 aliphatic rings. The largest absolute Gasteiger partial charge is 0.497 e. The molecule has 1 fully saturated rings. The number of ether oxygens (including phenoxy) is 2. The molecule has 6 rings (SSSR count). The minimum atomic E-state index is -1.65. The Morgan fingerprint density at radius 1 is 0.872 bits per heavy atom. The van der Waals surface area contributed by atoms with Crippen LogP contribution < -0.4 is 9.47 Å². The van der Waals surface area contributed by atoms with Crippen LogP contribution in [0.4, 0.5) is 0 Å². The molecule has 198 valence electrons. The molecule has 0 bridgehead atoms. The van der Waals surface area contributed by atoms with Crippen molar-refractivity contribution in [2.24, 2.45) is 15.9 Å². The van der Waals surface area contributed by atoms with Gasteiger partial charge in [-0.3, -0.25) is 19.4 Å². The Kier molecular flexibility index (Phi) is 5.54. The molecule has 3 aromatic carbocycles. The molecule has 39 heavy (non-hydrogen) atoms. The van der Waals surface area contributed by atoms with Gasteiger partial charge in [-0.2, -0.15) is 5.10 Å². The van der Waals surface area contributed by atoms with Gasteiger partial charge in [0.15, 0.2) is 17.3 Å². The summed E-state index contributed by atoms with van der Waals surface area (Å²) in [4.78, 5) is 43.9. The second-order valence-electron chi connectivity index (χ2n) is 11.4. The highest BCUT2D eigenvalue weighted by molar-refractivity contribution is 6.31. The predicted octanol–water partition coefficient (Wildman–Crippen LogP) is 5.24. The van der Waals surface area contributed by atoms with E-state index in [1.807, 2.05) is 45.0 Å². The molecule has 3 atom stereocenters. The van der Waals surface area contributed by atoms with Gasteiger partial charge in [0, 0.05) is 28.0 Å². The molecule has 7 nitrogen and oxygen atoms in total. The minimum Gasteiger partial charge on any atom is -0.497 e. The van der Waals surface area contributed by atoms with Gasteiger partial charge in [-0.05, 0) is 29.3 Å². The molecule has 2 heterocycles. The van der Waals surface area contributed by atoms with Gasteiger partial charge in [0.05, 0.1) is 26.5 Å². The molecule has 7 heteroatoms. The summed E-state index contributed by atoms with van der Waals surface area (Å²) in [5, 5.41) is 6.49. The Hall–Kier alpha value is -4.26. The van der Waals surface area contributed by atoms with Crippen molar-refractivity contribution in [3.05, 3.63) is 94.5 Å². The van der Waals surface area contributed by atoms with Gasteiger partial charge in [0.1, 0.15) is 23.0 Å². The van der Waals surface area contributed by atoms with Crippen LogP contribution in [-0.4, -0.2) is 48.8 Å². The number of hydrazone groups is 1. The molecule has 0 aromatic heterocycles. The van der Waals surface area contributed by atoms with E-state index in [-0.39, 0.29) is 17.3 Å². The number of carbonyl (C=O) groups excluding carboxylic acids is 3. The minimum absolute atomic E-state index is 0.118. The molecule has 1 saturated heterocycles. The third-order valence-corrected chi connectivity index (χ3v) is 8.36. The second kappa shape index (κ2) is 8.63. The van der Waals surface area contributed by atoms with Crippen molar-refractivity contribution in [1.29, 1.82) is 0 Å². The van der Waals surface area contributed by atoms with Gasteiger partial charge in [-0.15, -0.1) is 0 Å². The van der Waals surface area contributed by atoms with Crippen LogP contribution >= 0.6 is 0 Å². The lowest BCUT2D eigenvalue weighted by atomic mass is 9.62. The Morgan fingerprint density at radius 3 is 2.13 bits per heavy atom.